The summed E-state index contributed by atoms with van der Waals surface area (Å²) < 4.78 is 0. The normalized spacial score (nSPS) is 11.2. The fourth-order valence-corrected chi connectivity index (χ4v) is 5.27. The van der Waals surface area contributed by atoms with Crippen molar-refractivity contribution < 1.29 is 10.2 Å². The Kier molecular flexibility index (Phi) is 12.6. The molecule has 0 saturated heterocycles. The number of phenols is 2. The highest BCUT2D eigenvalue weighted by molar-refractivity contribution is 7.99. The van der Waals surface area contributed by atoms with Gasteiger partial charge in [0.15, 0.2) is 0 Å². The Balaban J connectivity index is 2.01. The lowest BCUT2D eigenvalue weighted by atomic mass is 10.0. The molecule has 0 spiro atoms. The van der Waals surface area contributed by atoms with Crippen molar-refractivity contribution in [2.75, 3.05) is 0 Å². The third-order valence-electron chi connectivity index (χ3n) is 6.00. The zero-order chi connectivity index (χ0) is 22.3. The molecule has 0 aliphatic rings. The SMILES string of the molecule is CCCCCCCCc1c(O)cccc1Sc1cccc(O)c1CCCCCCCC. The van der Waals surface area contributed by atoms with Gasteiger partial charge in [0, 0.05) is 20.9 Å². The molecule has 0 aromatic heterocycles. The first-order valence-electron chi connectivity index (χ1n) is 12.5. The standard InChI is InChI=1S/C28H42O2S/c1-3-5-7-9-11-13-17-23-25(29)19-15-21-27(23)31-28-22-16-20-26(30)24(28)18-14-12-10-8-6-4-2/h15-16,19-22,29-30H,3-14,17-18H2,1-2H3. The van der Waals surface area contributed by atoms with E-state index in [1.54, 1.807) is 23.9 Å². The van der Waals surface area contributed by atoms with Gasteiger partial charge in [-0.25, -0.2) is 0 Å². The van der Waals surface area contributed by atoms with Crippen molar-refractivity contribution >= 4 is 11.8 Å². The van der Waals surface area contributed by atoms with Crippen LogP contribution in [0.4, 0.5) is 0 Å². The van der Waals surface area contributed by atoms with Gasteiger partial charge in [0.05, 0.1) is 0 Å². The lowest BCUT2D eigenvalue weighted by Gasteiger charge is -2.15. The van der Waals surface area contributed by atoms with Crippen LogP contribution < -0.4 is 0 Å². The van der Waals surface area contributed by atoms with Crippen LogP contribution in [0.5, 0.6) is 11.5 Å². The number of aromatic hydroxyl groups is 2. The smallest absolute Gasteiger partial charge is 0.119 e. The van der Waals surface area contributed by atoms with Crippen LogP contribution in [-0.2, 0) is 12.8 Å². The molecule has 31 heavy (non-hydrogen) atoms. The zero-order valence-electron chi connectivity index (χ0n) is 19.7. The van der Waals surface area contributed by atoms with Gasteiger partial charge in [0.1, 0.15) is 11.5 Å². The van der Waals surface area contributed by atoms with E-state index in [2.05, 4.69) is 26.0 Å². The molecule has 0 radical (unpaired) electrons. The number of rotatable bonds is 16. The summed E-state index contributed by atoms with van der Waals surface area (Å²) in [5, 5.41) is 21.0. The molecule has 2 N–H and O–H groups in total. The van der Waals surface area contributed by atoms with Crippen LogP contribution in [0.25, 0.3) is 0 Å². The number of benzene rings is 2. The summed E-state index contributed by atoms with van der Waals surface area (Å²) in [4.78, 5) is 2.23. The van der Waals surface area contributed by atoms with Gasteiger partial charge in [0.25, 0.3) is 0 Å². The summed E-state index contributed by atoms with van der Waals surface area (Å²) in [7, 11) is 0. The average molecular weight is 443 g/mol. The molecule has 2 rings (SSSR count). The Morgan fingerprint density at radius 3 is 1.35 bits per heavy atom. The van der Waals surface area contributed by atoms with Crippen LogP contribution in [-0.4, -0.2) is 10.2 Å². The molecule has 0 heterocycles. The quantitative estimate of drug-likeness (QED) is 0.255. The van der Waals surface area contributed by atoms with Crippen molar-refractivity contribution in [1.29, 1.82) is 0 Å². The topological polar surface area (TPSA) is 40.5 Å². The molecule has 0 aliphatic carbocycles. The van der Waals surface area contributed by atoms with E-state index in [1.807, 2.05) is 12.1 Å². The lowest BCUT2D eigenvalue weighted by Crippen LogP contribution is -1.94. The van der Waals surface area contributed by atoms with E-state index in [9.17, 15) is 10.2 Å². The van der Waals surface area contributed by atoms with Crippen LogP contribution >= 0.6 is 11.8 Å². The van der Waals surface area contributed by atoms with E-state index in [-0.39, 0.29) is 0 Å². The summed E-state index contributed by atoms with van der Waals surface area (Å²) in [5.74, 6) is 0.798. The second-order valence-electron chi connectivity index (χ2n) is 8.65. The molecule has 3 heteroatoms. The van der Waals surface area contributed by atoms with Gasteiger partial charge in [-0.05, 0) is 49.9 Å². The molecule has 172 valence electrons. The molecule has 0 aliphatic heterocycles. The highest BCUT2D eigenvalue weighted by atomic mass is 32.2. The molecule has 0 bridgehead atoms. The summed E-state index contributed by atoms with van der Waals surface area (Å²) in [6.07, 6.45) is 16.8. The monoisotopic (exact) mass is 442 g/mol. The van der Waals surface area contributed by atoms with Crippen molar-refractivity contribution in [3.63, 3.8) is 0 Å². The fraction of sp³-hybridized carbons (Fsp3) is 0.571. The van der Waals surface area contributed by atoms with Crippen molar-refractivity contribution in [1.82, 2.24) is 0 Å². The maximum atomic E-state index is 10.5. The van der Waals surface area contributed by atoms with Gasteiger partial charge in [-0.1, -0.05) is 102 Å². The largest absolute Gasteiger partial charge is 0.508 e. The van der Waals surface area contributed by atoms with E-state index < -0.39 is 0 Å². The lowest BCUT2D eigenvalue weighted by molar-refractivity contribution is 0.463. The van der Waals surface area contributed by atoms with Crippen LogP contribution in [0.15, 0.2) is 46.2 Å². The summed E-state index contributed by atoms with van der Waals surface area (Å²) in [6, 6.07) is 11.7. The Bertz CT molecular complexity index is 693. The van der Waals surface area contributed by atoms with E-state index in [0.29, 0.717) is 11.5 Å². The molecule has 0 atom stereocenters. The van der Waals surface area contributed by atoms with Crippen LogP contribution in [0.1, 0.15) is 102 Å². The second-order valence-corrected chi connectivity index (χ2v) is 9.73. The Morgan fingerprint density at radius 2 is 0.935 bits per heavy atom. The molecule has 0 fully saturated rings. The van der Waals surface area contributed by atoms with E-state index in [1.165, 1.54) is 64.2 Å². The van der Waals surface area contributed by atoms with Crippen molar-refractivity contribution in [2.45, 2.75) is 114 Å². The van der Waals surface area contributed by atoms with Gasteiger partial charge in [0.2, 0.25) is 0 Å². The minimum absolute atomic E-state index is 0.399. The zero-order valence-corrected chi connectivity index (χ0v) is 20.5. The van der Waals surface area contributed by atoms with Crippen molar-refractivity contribution in [3.05, 3.63) is 47.5 Å². The van der Waals surface area contributed by atoms with Crippen LogP contribution in [0, 0.1) is 0 Å². The number of unbranched alkanes of at least 4 members (excludes halogenated alkanes) is 10. The maximum absolute atomic E-state index is 10.5. The predicted molar refractivity (Wildman–Crippen MR) is 134 cm³/mol. The highest BCUT2D eigenvalue weighted by Crippen LogP contribution is 2.39. The summed E-state index contributed by atoms with van der Waals surface area (Å²) in [5.41, 5.74) is 2.11. The Labute approximate surface area is 194 Å². The Hall–Kier alpha value is -1.61. The first-order chi connectivity index (χ1) is 15.2. The van der Waals surface area contributed by atoms with Gasteiger partial charge in [-0.15, -0.1) is 0 Å². The summed E-state index contributed by atoms with van der Waals surface area (Å²) in [6.45, 7) is 4.49. The molecule has 0 saturated carbocycles. The van der Waals surface area contributed by atoms with Crippen molar-refractivity contribution in [3.8, 4) is 11.5 Å². The van der Waals surface area contributed by atoms with Gasteiger partial charge < -0.3 is 10.2 Å². The van der Waals surface area contributed by atoms with Gasteiger partial charge >= 0.3 is 0 Å². The second kappa shape index (κ2) is 15.2. The third kappa shape index (κ3) is 9.19. The van der Waals surface area contributed by atoms with Crippen LogP contribution in [0.2, 0.25) is 0 Å². The maximum Gasteiger partial charge on any atom is 0.119 e. The number of hydrogen-bond donors (Lipinski definition) is 2. The predicted octanol–water partition coefficient (Wildman–Crippen LogP) is 9.06. The molecular formula is C28H42O2S. The first kappa shape index (κ1) is 25.6. The van der Waals surface area contributed by atoms with E-state index in [0.717, 1.165) is 46.6 Å². The highest BCUT2D eigenvalue weighted by Gasteiger charge is 2.13. The van der Waals surface area contributed by atoms with Gasteiger partial charge in [-0.2, -0.15) is 0 Å². The molecular weight excluding hydrogens is 400 g/mol. The summed E-state index contributed by atoms with van der Waals surface area (Å²) >= 11 is 1.69. The minimum atomic E-state index is 0.399. The van der Waals surface area contributed by atoms with Crippen molar-refractivity contribution in [2.24, 2.45) is 0 Å². The number of phenolic OH excluding ortho intramolecular Hbond substituents is 2. The average Bonchev–Trinajstić information content (AvgIpc) is 2.76. The molecule has 2 aromatic rings. The Morgan fingerprint density at radius 1 is 0.548 bits per heavy atom. The fourth-order valence-electron chi connectivity index (χ4n) is 4.08. The third-order valence-corrected chi connectivity index (χ3v) is 7.20. The molecule has 2 nitrogen and oxygen atoms in total. The number of hydrogen-bond acceptors (Lipinski definition) is 3. The molecule has 0 amide bonds. The molecule has 2 aromatic carbocycles. The minimum Gasteiger partial charge on any atom is -0.508 e. The first-order valence-corrected chi connectivity index (χ1v) is 13.3. The van der Waals surface area contributed by atoms with E-state index in [4.69, 9.17) is 0 Å². The van der Waals surface area contributed by atoms with Gasteiger partial charge in [-0.3, -0.25) is 0 Å². The van der Waals surface area contributed by atoms with E-state index >= 15 is 0 Å². The van der Waals surface area contributed by atoms with Crippen LogP contribution in [0.3, 0.4) is 0 Å². The molecule has 0 unspecified atom stereocenters.